The molecule has 20 heavy (non-hydrogen) atoms. The molecule has 0 saturated heterocycles. The van der Waals surface area contributed by atoms with E-state index in [0.29, 0.717) is 12.2 Å². The number of ether oxygens (including phenoxy) is 2. The van der Waals surface area contributed by atoms with Crippen molar-refractivity contribution in [3.05, 3.63) is 23.0 Å². The molecule has 0 fully saturated rings. The number of carbonyl (C=O) groups excluding carboxylic acids is 1. The van der Waals surface area contributed by atoms with Crippen molar-refractivity contribution in [1.29, 1.82) is 0 Å². The lowest BCUT2D eigenvalue weighted by Gasteiger charge is -2.15. The maximum Gasteiger partial charge on any atom is 0.411 e. The van der Waals surface area contributed by atoms with E-state index < -0.39 is 11.9 Å². The van der Waals surface area contributed by atoms with Crippen molar-refractivity contribution in [3.8, 4) is 5.75 Å². The summed E-state index contributed by atoms with van der Waals surface area (Å²) < 4.78 is 24.2. The van der Waals surface area contributed by atoms with Crippen molar-refractivity contribution in [2.45, 2.75) is 46.3 Å². The molecular weight excluding hydrogens is 285 g/mol. The molecule has 0 aliphatic heterocycles. The predicted octanol–water partition coefficient (Wildman–Crippen LogP) is 4.61. The molecule has 6 heteroatoms. The molecule has 0 spiro atoms. The fraction of sp³-hybridized carbons (Fsp3) is 0.500. The minimum absolute atomic E-state index is 0.0293. The molecule has 0 aliphatic rings. The van der Waals surface area contributed by atoms with Gasteiger partial charge in [-0.15, -0.1) is 0 Å². The van der Waals surface area contributed by atoms with Crippen molar-refractivity contribution in [3.63, 3.8) is 0 Å². The van der Waals surface area contributed by atoms with Gasteiger partial charge in [0.1, 0.15) is 17.7 Å². The fourth-order valence-corrected chi connectivity index (χ4v) is 1.57. The SMILES string of the molecule is CCC(C)OC(=O)Nc1cc(OC(C)C)c(Cl)cc1F. The highest BCUT2D eigenvalue weighted by atomic mass is 35.5. The molecule has 0 radical (unpaired) electrons. The summed E-state index contributed by atoms with van der Waals surface area (Å²) in [6.45, 7) is 7.29. The molecule has 4 nitrogen and oxygen atoms in total. The predicted molar refractivity (Wildman–Crippen MR) is 77.0 cm³/mol. The zero-order valence-corrected chi connectivity index (χ0v) is 12.8. The van der Waals surface area contributed by atoms with E-state index in [4.69, 9.17) is 21.1 Å². The Kier molecular flexibility index (Phi) is 6.07. The summed E-state index contributed by atoms with van der Waals surface area (Å²) in [5.41, 5.74) is -0.0293. The Morgan fingerprint density at radius 1 is 1.40 bits per heavy atom. The van der Waals surface area contributed by atoms with Crippen LogP contribution in [-0.2, 0) is 4.74 Å². The molecular formula is C14H19ClFNO3. The average Bonchev–Trinajstić information content (AvgIpc) is 2.34. The van der Waals surface area contributed by atoms with Gasteiger partial charge in [-0.1, -0.05) is 18.5 Å². The lowest BCUT2D eigenvalue weighted by Crippen LogP contribution is -2.20. The van der Waals surface area contributed by atoms with Crippen LogP contribution >= 0.6 is 11.6 Å². The summed E-state index contributed by atoms with van der Waals surface area (Å²) in [5.74, 6) is -0.339. The number of benzene rings is 1. The molecule has 0 bridgehead atoms. The molecule has 1 aromatic rings. The van der Waals surface area contributed by atoms with Crippen molar-refractivity contribution in [2.24, 2.45) is 0 Å². The number of hydrogen-bond donors (Lipinski definition) is 1. The van der Waals surface area contributed by atoms with Gasteiger partial charge >= 0.3 is 6.09 Å². The van der Waals surface area contributed by atoms with Gasteiger partial charge in [-0.25, -0.2) is 9.18 Å². The molecule has 112 valence electrons. The zero-order chi connectivity index (χ0) is 15.3. The van der Waals surface area contributed by atoms with Gasteiger partial charge in [0, 0.05) is 6.07 Å². The fourth-order valence-electron chi connectivity index (χ4n) is 1.37. The van der Waals surface area contributed by atoms with E-state index >= 15 is 0 Å². The third-order valence-electron chi connectivity index (χ3n) is 2.50. The van der Waals surface area contributed by atoms with Crippen LogP contribution in [0.3, 0.4) is 0 Å². The van der Waals surface area contributed by atoms with Crippen LogP contribution in [0.2, 0.25) is 5.02 Å². The Morgan fingerprint density at radius 2 is 2.05 bits per heavy atom. The van der Waals surface area contributed by atoms with E-state index in [9.17, 15) is 9.18 Å². The van der Waals surface area contributed by atoms with Gasteiger partial charge in [-0.3, -0.25) is 5.32 Å². The van der Waals surface area contributed by atoms with Crippen LogP contribution in [0.15, 0.2) is 12.1 Å². The lowest BCUT2D eigenvalue weighted by molar-refractivity contribution is 0.118. The van der Waals surface area contributed by atoms with Gasteiger partial charge in [-0.2, -0.15) is 0 Å². The molecule has 1 atom stereocenters. The van der Waals surface area contributed by atoms with Crippen LogP contribution in [0, 0.1) is 5.82 Å². The molecule has 0 heterocycles. The maximum atomic E-state index is 13.7. The second-order valence-electron chi connectivity index (χ2n) is 4.68. The lowest BCUT2D eigenvalue weighted by atomic mass is 10.2. The molecule has 1 aromatic carbocycles. The molecule has 0 aromatic heterocycles. The van der Waals surface area contributed by atoms with Crippen molar-refractivity contribution in [1.82, 2.24) is 0 Å². The van der Waals surface area contributed by atoms with Gasteiger partial charge in [0.25, 0.3) is 0 Å². The van der Waals surface area contributed by atoms with E-state index in [-0.39, 0.29) is 22.9 Å². The van der Waals surface area contributed by atoms with E-state index in [0.717, 1.165) is 6.07 Å². The highest BCUT2D eigenvalue weighted by Crippen LogP contribution is 2.31. The second-order valence-corrected chi connectivity index (χ2v) is 5.09. The summed E-state index contributed by atoms with van der Waals surface area (Å²) in [4.78, 5) is 11.6. The van der Waals surface area contributed by atoms with Crippen LogP contribution in [0.1, 0.15) is 34.1 Å². The van der Waals surface area contributed by atoms with Gasteiger partial charge in [0.2, 0.25) is 0 Å². The number of anilines is 1. The first-order chi connectivity index (χ1) is 9.33. The Hall–Kier alpha value is -1.49. The highest BCUT2D eigenvalue weighted by molar-refractivity contribution is 6.32. The number of amides is 1. The largest absolute Gasteiger partial charge is 0.489 e. The summed E-state index contributed by atoms with van der Waals surface area (Å²) in [6, 6.07) is 2.44. The number of hydrogen-bond acceptors (Lipinski definition) is 3. The third-order valence-corrected chi connectivity index (χ3v) is 2.80. The Labute approximate surface area is 123 Å². The standard InChI is InChI=1S/C14H19ClFNO3/c1-5-9(4)20-14(18)17-12-7-13(19-8(2)3)10(15)6-11(12)16/h6-9H,5H2,1-4H3,(H,17,18). The molecule has 0 aliphatic carbocycles. The van der Waals surface area contributed by atoms with Gasteiger partial charge in [0.15, 0.2) is 0 Å². The minimum Gasteiger partial charge on any atom is -0.489 e. The number of halogens is 2. The molecule has 1 N–H and O–H groups in total. The quantitative estimate of drug-likeness (QED) is 0.864. The Morgan fingerprint density at radius 3 is 2.60 bits per heavy atom. The second kappa shape index (κ2) is 7.33. The number of rotatable bonds is 5. The van der Waals surface area contributed by atoms with Crippen LogP contribution in [-0.4, -0.2) is 18.3 Å². The van der Waals surface area contributed by atoms with Crippen molar-refractivity contribution < 1.29 is 18.7 Å². The Bertz CT molecular complexity index is 480. The molecule has 1 unspecified atom stereocenters. The molecule has 1 rings (SSSR count). The monoisotopic (exact) mass is 303 g/mol. The van der Waals surface area contributed by atoms with E-state index in [1.807, 2.05) is 20.8 Å². The van der Waals surface area contributed by atoms with Gasteiger partial charge < -0.3 is 9.47 Å². The van der Waals surface area contributed by atoms with Crippen LogP contribution in [0.4, 0.5) is 14.9 Å². The minimum atomic E-state index is -0.712. The number of carbonyl (C=O) groups is 1. The van der Waals surface area contributed by atoms with Crippen molar-refractivity contribution >= 4 is 23.4 Å². The first kappa shape index (κ1) is 16.6. The van der Waals surface area contributed by atoms with Crippen LogP contribution in [0.5, 0.6) is 5.75 Å². The normalized spacial score (nSPS) is 12.2. The third kappa shape index (κ3) is 4.89. The smallest absolute Gasteiger partial charge is 0.411 e. The topological polar surface area (TPSA) is 47.6 Å². The van der Waals surface area contributed by atoms with Crippen LogP contribution in [0.25, 0.3) is 0 Å². The summed E-state index contributed by atoms with van der Waals surface area (Å²) >= 11 is 5.88. The first-order valence-electron chi connectivity index (χ1n) is 6.46. The number of nitrogens with one attached hydrogen (secondary N) is 1. The van der Waals surface area contributed by atoms with Gasteiger partial charge in [0.05, 0.1) is 16.8 Å². The highest BCUT2D eigenvalue weighted by Gasteiger charge is 2.15. The zero-order valence-electron chi connectivity index (χ0n) is 12.0. The van der Waals surface area contributed by atoms with Crippen molar-refractivity contribution in [2.75, 3.05) is 5.32 Å². The summed E-state index contributed by atoms with van der Waals surface area (Å²) in [6.07, 6.45) is -0.385. The van der Waals surface area contributed by atoms with E-state index in [1.54, 1.807) is 6.92 Å². The average molecular weight is 304 g/mol. The van der Waals surface area contributed by atoms with Crippen LogP contribution < -0.4 is 10.1 Å². The van der Waals surface area contributed by atoms with E-state index in [2.05, 4.69) is 5.32 Å². The first-order valence-corrected chi connectivity index (χ1v) is 6.84. The van der Waals surface area contributed by atoms with Gasteiger partial charge in [-0.05, 0) is 33.3 Å². The summed E-state index contributed by atoms with van der Waals surface area (Å²) in [5, 5.41) is 2.49. The molecule has 1 amide bonds. The summed E-state index contributed by atoms with van der Waals surface area (Å²) in [7, 11) is 0. The molecule has 0 saturated carbocycles. The maximum absolute atomic E-state index is 13.7. The Balaban J connectivity index is 2.86. The van der Waals surface area contributed by atoms with E-state index in [1.165, 1.54) is 6.07 Å².